The molecule has 3 aliphatic heterocycles. The maximum absolute atomic E-state index is 14.8. The zero-order chi connectivity index (χ0) is 38.7. The van der Waals surface area contributed by atoms with Gasteiger partial charge in [0.25, 0.3) is 0 Å². The van der Waals surface area contributed by atoms with Gasteiger partial charge in [-0.1, -0.05) is 49.3 Å². The predicted molar refractivity (Wildman–Crippen MR) is 202 cm³/mol. The van der Waals surface area contributed by atoms with Crippen LogP contribution in [0.1, 0.15) is 114 Å². The van der Waals surface area contributed by atoms with Crippen LogP contribution in [0.2, 0.25) is 0 Å². The lowest BCUT2D eigenvalue weighted by atomic mass is 9.86. The Kier molecular flexibility index (Phi) is 9.99. The first kappa shape index (κ1) is 37.9. The van der Waals surface area contributed by atoms with Crippen LogP contribution in [-0.4, -0.2) is 77.4 Å². The highest BCUT2D eigenvalue weighted by Gasteiger charge is 2.62. The molecule has 1 aromatic rings. The molecular weight excluding hydrogens is 723 g/mol. The van der Waals surface area contributed by atoms with Crippen LogP contribution in [0.15, 0.2) is 36.9 Å². The molecule has 0 radical (unpaired) electrons. The highest BCUT2D eigenvalue weighted by molar-refractivity contribution is 7.90. The van der Waals surface area contributed by atoms with Crippen LogP contribution in [0.4, 0.5) is 4.79 Å². The summed E-state index contributed by atoms with van der Waals surface area (Å²) in [5.74, 6) is -2.83. The Hall–Kier alpha value is -4.00. The quantitative estimate of drug-likeness (QED) is 0.263. The van der Waals surface area contributed by atoms with E-state index >= 15 is 0 Å². The Bertz CT molecular complexity index is 1920. The van der Waals surface area contributed by atoms with Crippen molar-refractivity contribution in [2.45, 2.75) is 133 Å². The number of benzene rings is 1. The van der Waals surface area contributed by atoms with E-state index in [2.05, 4.69) is 23.5 Å². The molecule has 8 rings (SSSR count). The number of fused-ring (bicyclic) bond motifs is 4. The van der Waals surface area contributed by atoms with E-state index in [9.17, 15) is 32.4 Å². The smallest absolute Gasteiger partial charge is 0.410 e. The number of rotatable bonds is 8. The molecule has 4 saturated carbocycles. The fourth-order valence-electron chi connectivity index (χ4n) is 9.85. The van der Waals surface area contributed by atoms with Crippen LogP contribution in [0.5, 0.6) is 0 Å². The zero-order valence-electron chi connectivity index (χ0n) is 31.7. The summed E-state index contributed by atoms with van der Waals surface area (Å²) in [6, 6.07) is 5.01. The summed E-state index contributed by atoms with van der Waals surface area (Å²) in [5.41, 5.74) is 1.29. The Morgan fingerprint density at radius 3 is 2.55 bits per heavy atom. The second-order valence-corrected chi connectivity index (χ2v) is 19.4. The van der Waals surface area contributed by atoms with Crippen molar-refractivity contribution in [3.8, 4) is 0 Å². The molecule has 0 unspecified atom stereocenters. The molecule has 1 saturated heterocycles. The van der Waals surface area contributed by atoms with Crippen LogP contribution in [0, 0.1) is 29.1 Å². The van der Waals surface area contributed by atoms with E-state index in [-0.39, 0.29) is 50.0 Å². The van der Waals surface area contributed by atoms with Crippen molar-refractivity contribution < 1.29 is 41.9 Å². The van der Waals surface area contributed by atoms with Crippen LogP contribution in [-0.2, 0) is 51.8 Å². The van der Waals surface area contributed by atoms with Crippen LogP contribution in [0.3, 0.4) is 0 Å². The number of carbonyl (C=O) groups is 5. The molecule has 296 valence electrons. The number of hydrogen-bond acceptors (Lipinski definition) is 9. The van der Waals surface area contributed by atoms with Crippen LogP contribution >= 0.6 is 0 Å². The van der Waals surface area contributed by atoms with Crippen LogP contribution < -0.4 is 4.72 Å². The summed E-state index contributed by atoms with van der Waals surface area (Å²) in [5, 5.41) is -0.612. The third kappa shape index (κ3) is 7.61. The Morgan fingerprint density at radius 1 is 1.04 bits per heavy atom. The molecule has 1 aromatic carbocycles. The topological polar surface area (TPSA) is 156 Å². The number of nitrogens with one attached hydrogen (secondary N) is 1. The second-order valence-electron chi connectivity index (χ2n) is 17.5. The number of esters is 1. The summed E-state index contributed by atoms with van der Waals surface area (Å²) < 4.78 is 39.9. The summed E-state index contributed by atoms with van der Waals surface area (Å²) in [4.78, 5) is 73.3. The van der Waals surface area contributed by atoms with Gasteiger partial charge in [0.15, 0.2) is 5.78 Å². The van der Waals surface area contributed by atoms with Gasteiger partial charge in [-0.25, -0.2) is 13.2 Å². The third-order valence-corrected chi connectivity index (χ3v) is 15.4. The maximum Gasteiger partial charge on any atom is 0.410 e. The minimum atomic E-state index is -3.86. The number of nitrogens with zero attached hydrogens (tertiary/aromatic N) is 2. The molecule has 3 heterocycles. The van der Waals surface area contributed by atoms with Crippen molar-refractivity contribution in [1.82, 2.24) is 14.5 Å². The molecular formula is C42H53N3O9S. The number of sulfonamides is 1. The Morgan fingerprint density at radius 2 is 1.82 bits per heavy atom. The van der Waals surface area contributed by atoms with Gasteiger partial charge in [0, 0.05) is 25.3 Å². The van der Waals surface area contributed by atoms with Crippen molar-refractivity contribution in [2.75, 3.05) is 6.54 Å². The minimum Gasteiger partial charge on any atom is -0.459 e. The minimum absolute atomic E-state index is 0.0313. The fraction of sp³-hybridized carbons (Fsp3) is 0.643. The van der Waals surface area contributed by atoms with Crippen molar-refractivity contribution in [2.24, 2.45) is 29.1 Å². The average molecular weight is 776 g/mol. The Labute approximate surface area is 323 Å². The summed E-state index contributed by atoms with van der Waals surface area (Å²) >= 11 is 0. The number of ether oxygens (including phenoxy) is 2. The molecule has 55 heavy (non-hydrogen) atoms. The van der Waals surface area contributed by atoms with E-state index in [1.165, 1.54) is 4.90 Å². The normalized spacial score (nSPS) is 34.6. The number of allylic oxidation sites excluding steroid dienone is 2. The first-order chi connectivity index (χ1) is 26.3. The van der Waals surface area contributed by atoms with E-state index in [1.807, 2.05) is 25.1 Å². The van der Waals surface area contributed by atoms with E-state index < -0.39 is 74.0 Å². The first-order valence-electron chi connectivity index (χ1n) is 20.3. The van der Waals surface area contributed by atoms with Gasteiger partial charge in [0.1, 0.15) is 11.7 Å². The molecule has 3 amide bonds. The van der Waals surface area contributed by atoms with E-state index in [0.717, 1.165) is 68.1 Å². The molecule has 4 bridgehead atoms. The summed E-state index contributed by atoms with van der Waals surface area (Å²) in [6.07, 6.45) is 12.3. The lowest BCUT2D eigenvalue weighted by Crippen LogP contribution is -2.47. The molecule has 12 nitrogen and oxygen atoms in total. The van der Waals surface area contributed by atoms with Crippen molar-refractivity contribution in [3.05, 3.63) is 53.6 Å². The highest BCUT2D eigenvalue weighted by Crippen LogP contribution is 2.57. The van der Waals surface area contributed by atoms with Gasteiger partial charge in [-0.05, 0) is 93.2 Å². The van der Waals surface area contributed by atoms with Gasteiger partial charge in [0.05, 0.1) is 42.1 Å². The molecule has 5 fully saturated rings. The largest absolute Gasteiger partial charge is 0.459 e. The lowest BCUT2D eigenvalue weighted by Gasteiger charge is -2.31. The van der Waals surface area contributed by atoms with Gasteiger partial charge in [-0.15, -0.1) is 6.58 Å². The number of Topliss-reactive ketones (excluding diaryl/α,β-unsaturated/α-hetero) is 1. The van der Waals surface area contributed by atoms with Crippen molar-refractivity contribution in [1.29, 1.82) is 0 Å². The molecule has 0 aromatic heterocycles. The number of amides is 3. The third-order valence-electron chi connectivity index (χ3n) is 13.6. The SMILES string of the molecule is C=C[C@@H]1C[C@]1(CC(=O)[C@@H]1C[C@@H]2CN1C(=O)[C@H](C1CCCC1)CC(=O)O[C@]1(C)C[C@H]1CCC/C=C/c1cccc3c1CN(C3)C(=O)O2)C(=O)NS(=O)(=O)C1CC1. The van der Waals surface area contributed by atoms with Gasteiger partial charge < -0.3 is 14.4 Å². The number of carbonyl (C=O) groups excluding carboxylic acids is 5. The van der Waals surface area contributed by atoms with Crippen LogP contribution in [0.25, 0.3) is 6.08 Å². The standard InChI is InChI=1S/C42H53N3O9S/c1-3-29-21-42(29,39(49)43-55(51,52)32-16-17-32)22-36(46)35-18-31-24-45(35)38(48)33(26-11-7-8-12-26)19-37(47)54-41(2)20-30(41)15-6-4-5-10-27-13-9-14-28-23-44(25-34(27)28)40(50)53-31/h3,5,9-10,13-14,26,29-33,35H,1,4,6-8,11-12,15-25H2,2H3,(H,43,49)/b10-5+/t29-,30-,31-,33+,35+,41-,42-/m1/s1. The predicted octanol–water partition coefficient (Wildman–Crippen LogP) is 5.58. The van der Waals surface area contributed by atoms with Gasteiger partial charge in [-0.2, -0.15) is 0 Å². The average Bonchev–Trinajstić information content (AvgIpc) is 4.07. The summed E-state index contributed by atoms with van der Waals surface area (Å²) in [7, 11) is -3.86. The van der Waals surface area contributed by atoms with E-state index in [4.69, 9.17) is 9.47 Å². The number of ketones is 1. The lowest BCUT2D eigenvalue weighted by molar-refractivity contribution is -0.157. The maximum atomic E-state index is 14.8. The van der Waals surface area contributed by atoms with Gasteiger partial charge in [0.2, 0.25) is 21.8 Å². The van der Waals surface area contributed by atoms with Gasteiger partial charge in [-0.3, -0.25) is 28.8 Å². The molecule has 7 atom stereocenters. The highest BCUT2D eigenvalue weighted by atomic mass is 32.2. The van der Waals surface area contributed by atoms with Gasteiger partial charge >= 0.3 is 12.1 Å². The molecule has 4 aliphatic carbocycles. The molecule has 13 heteroatoms. The van der Waals surface area contributed by atoms with Crippen molar-refractivity contribution in [3.63, 3.8) is 0 Å². The monoisotopic (exact) mass is 775 g/mol. The summed E-state index contributed by atoms with van der Waals surface area (Å²) in [6.45, 7) is 6.52. The van der Waals surface area contributed by atoms with E-state index in [0.29, 0.717) is 25.9 Å². The van der Waals surface area contributed by atoms with E-state index in [1.54, 1.807) is 11.0 Å². The second kappa shape index (κ2) is 14.5. The first-order valence-corrected chi connectivity index (χ1v) is 21.8. The number of hydrogen-bond donors (Lipinski definition) is 1. The van der Waals surface area contributed by atoms with Crippen molar-refractivity contribution >= 4 is 45.8 Å². The molecule has 7 aliphatic rings. The fourth-order valence-corrected chi connectivity index (χ4v) is 11.2. The zero-order valence-corrected chi connectivity index (χ0v) is 32.5. The molecule has 0 spiro atoms. The Balaban J connectivity index is 1.07. The molecule has 1 N–H and O–H groups in total.